The Bertz CT molecular complexity index is 1910. The van der Waals surface area contributed by atoms with Gasteiger partial charge in [-0.05, 0) is 119 Å². The zero-order valence-electron chi connectivity index (χ0n) is 30.7. The van der Waals surface area contributed by atoms with Crippen LogP contribution in [0.3, 0.4) is 0 Å². The second-order valence-corrected chi connectivity index (χ2v) is 14.8. The van der Waals surface area contributed by atoms with Gasteiger partial charge < -0.3 is 9.80 Å². The molecule has 0 bridgehead atoms. The van der Waals surface area contributed by atoms with Gasteiger partial charge in [0.25, 0.3) is 0 Å². The van der Waals surface area contributed by atoms with Crippen LogP contribution in [0.1, 0.15) is 78.4 Å². The molecule has 0 atom stereocenters. The topological polar surface area (TPSA) is 6.48 Å². The Morgan fingerprint density at radius 2 is 0.660 bits per heavy atom. The summed E-state index contributed by atoms with van der Waals surface area (Å²) in [5.41, 5.74) is 12.4. The molecule has 0 aliphatic heterocycles. The molecule has 6 aromatic carbocycles. The average Bonchev–Trinajstić information content (AvgIpc) is 3.14. The Morgan fingerprint density at radius 3 is 0.980 bits per heavy atom. The summed E-state index contributed by atoms with van der Waals surface area (Å²) in [6.45, 7) is 13.8. The fourth-order valence-corrected chi connectivity index (χ4v) is 7.30. The summed E-state index contributed by atoms with van der Waals surface area (Å²) >= 11 is 0. The van der Waals surface area contributed by atoms with Crippen molar-refractivity contribution in [3.05, 3.63) is 169 Å². The zero-order valence-corrected chi connectivity index (χ0v) is 30.7. The molecule has 254 valence electrons. The van der Waals surface area contributed by atoms with Gasteiger partial charge in [0.2, 0.25) is 0 Å². The Hall–Kier alpha value is -5.08. The number of benzene rings is 6. The summed E-state index contributed by atoms with van der Waals surface area (Å²) in [6, 6.07) is 57.5. The fraction of sp³-hybridized carbons (Fsp3) is 0.250. The quantitative estimate of drug-likeness (QED) is 0.129. The lowest BCUT2D eigenvalue weighted by atomic mass is 9.75. The van der Waals surface area contributed by atoms with Crippen LogP contribution in [-0.2, 0) is 10.8 Å². The van der Waals surface area contributed by atoms with Gasteiger partial charge >= 0.3 is 0 Å². The maximum atomic E-state index is 2.43. The van der Waals surface area contributed by atoms with Crippen LogP contribution in [0.5, 0.6) is 0 Å². The number of para-hydroxylation sites is 2. The van der Waals surface area contributed by atoms with Crippen LogP contribution in [0.25, 0.3) is 11.1 Å². The van der Waals surface area contributed by atoms with Crippen molar-refractivity contribution >= 4 is 34.1 Å². The molecule has 0 aliphatic rings. The van der Waals surface area contributed by atoms with Gasteiger partial charge in [0.05, 0.1) is 0 Å². The van der Waals surface area contributed by atoms with Crippen molar-refractivity contribution in [2.24, 2.45) is 0 Å². The highest BCUT2D eigenvalue weighted by atomic mass is 15.1. The van der Waals surface area contributed by atoms with E-state index < -0.39 is 0 Å². The van der Waals surface area contributed by atoms with Crippen molar-refractivity contribution in [3.8, 4) is 11.1 Å². The van der Waals surface area contributed by atoms with Gasteiger partial charge in [-0.2, -0.15) is 0 Å². The minimum atomic E-state index is 0.112. The van der Waals surface area contributed by atoms with Gasteiger partial charge in [-0.1, -0.05) is 139 Å². The molecule has 0 saturated heterocycles. The highest BCUT2D eigenvalue weighted by molar-refractivity contribution is 5.80. The maximum absolute atomic E-state index is 2.43. The Labute approximate surface area is 301 Å². The van der Waals surface area contributed by atoms with Crippen LogP contribution >= 0.6 is 0 Å². The minimum Gasteiger partial charge on any atom is -0.311 e. The number of nitrogens with zero attached hydrogens (tertiary/aromatic N) is 2. The lowest BCUT2D eigenvalue weighted by Gasteiger charge is -2.31. The van der Waals surface area contributed by atoms with E-state index in [0.717, 1.165) is 28.4 Å². The maximum Gasteiger partial charge on any atom is 0.0462 e. The number of anilines is 6. The van der Waals surface area contributed by atoms with E-state index >= 15 is 0 Å². The van der Waals surface area contributed by atoms with Crippen LogP contribution in [0.15, 0.2) is 158 Å². The normalized spacial score (nSPS) is 11.7. The zero-order chi connectivity index (χ0) is 35.1. The third-order valence-electron chi connectivity index (χ3n) is 10.0. The third-order valence-corrected chi connectivity index (χ3v) is 10.0. The van der Waals surface area contributed by atoms with E-state index in [9.17, 15) is 0 Å². The molecule has 6 rings (SSSR count). The molecule has 2 heteroatoms. The molecule has 0 unspecified atom stereocenters. The molecule has 0 N–H and O–H groups in total. The van der Waals surface area contributed by atoms with E-state index in [1.165, 1.54) is 53.6 Å². The van der Waals surface area contributed by atoms with Crippen molar-refractivity contribution in [1.29, 1.82) is 0 Å². The highest BCUT2D eigenvalue weighted by Crippen LogP contribution is 2.40. The average molecular weight is 657 g/mol. The van der Waals surface area contributed by atoms with Gasteiger partial charge in [-0.25, -0.2) is 0 Å². The molecular weight excluding hydrogens is 605 g/mol. The second kappa shape index (κ2) is 15.2. The summed E-state index contributed by atoms with van der Waals surface area (Å²) < 4.78 is 0. The Balaban J connectivity index is 1.29. The van der Waals surface area contributed by atoms with Gasteiger partial charge in [0, 0.05) is 34.1 Å². The number of hydrogen-bond donors (Lipinski definition) is 0. The molecule has 0 spiro atoms. The first-order valence-corrected chi connectivity index (χ1v) is 18.3. The smallest absolute Gasteiger partial charge is 0.0462 e. The summed E-state index contributed by atoms with van der Waals surface area (Å²) in [5.74, 6) is 0. The van der Waals surface area contributed by atoms with Crippen LogP contribution in [0, 0.1) is 0 Å². The molecule has 0 heterocycles. The monoisotopic (exact) mass is 656 g/mol. The van der Waals surface area contributed by atoms with Crippen LogP contribution in [0.4, 0.5) is 34.1 Å². The summed E-state index contributed by atoms with van der Waals surface area (Å²) in [6.07, 6.45) is 4.81. The molecule has 0 aromatic heterocycles. The lowest BCUT2D eigenvalue weighted by Crippen LogP contribution is -2.21. The van der Waals surface area contributed by atoms with E-state index in [0.29, 0.717) is 0 Å². The first-order chi connectivity index (χ1) is 24.2. The first-order valence-electron chi connectivity index (χ1n) is 18.3. The van der Waals surface area contributed by atoms with Crippen LogP contribution in [0.2, 0.25) is 0 Å². The van der Waals surface area contributed by atoms with E-state index in [-0.39, 0.29) is 10.8 Å². The number of hydrogen-bond acceptors (Lipinski definition) is 2. The lowest BCUT2D eigenvalue weighted by molar-refractivity contribution is 0.392. The predicted octanol–water partition coefficient (Wildman–Crippen LogP) is 14.4. The Kier molecular flexibility index (Phi) is 10.6. The third kappa shape index (κ3) is 7.71. The SMILES string of the molecule is CCCC(C)(CCC)c1ccc(N(c2ccccc2)c2ccc(-c3ccc(N(c4ccccc4)c4ccc(C(C)(C)C)cc4)cc3)cc2)cc1. The standard InChI is InChI=1S/C48H52N2/c1-7-35-48(6,36-8-2)40-25-33-46(34-26-40)50(42-17-13-10-14-18-42)44-29-21-38(22-30-44)37-19-27-43(28-20-37)49(41-15-11-9-12-16-41)45-31-23-39(24-32-45)47(3,4)5/h9-34H,7-8,35-36H2,1-6H3. The van der Waals surface area contributed by atoms with Crippen LogP contribution < -0.4 is 9.80 Å². The molecule has 50 heavy (non-hydrogen) atoms. The van der Waals surface area contributed by atoms with Gasteiger partial charge in [-0.3, -0.25) is 0 Å². The predicted molar refractivity (Wildman–Crippen MR) is 217 cm³/mol. The van der Waals surface area contributed by atoms with Crippen molar-refractivity contribution in [2.45, 2.75) is 78.1 Å². The van der Waals surface area contributed by atoms with Gasteiger partial charge in [0.1, 0.15) is 0 Å². The van der Waals surface area contributed by atoms with E-state index in [1.54, 1.807) is 0 Å². The largest absolute Gasteiger partial charge is 0.311 e. The summed E-state index contributed by atoms with van der Waals surface area (Å²) in [4.78, 5) is 4.69. The van der Waals surface area contributed by atoms with Gasteiger partial charge in [-0.15, -0.1) is 0 Å². The Morgan fingerprint density at radius 1 is 0.360 bits per heavy atom. The van der Waals surface area contributed by atoms with E-state index in [2.05, 4.69) is 209 Å². The molecule has 0 saturated carbocycles. The molecule has 2 nitrogen and oxygen atoms in total. The first kappa shape index (κ1) is 34.8. The molecular formula is C48H52N2. The van der Waals surface area contributed by atoms with E-state index in [1.807, 2.05) is 0 Å². The van der Waals surface area contributed by atoms with Crippen LogP contribution in [-0.4, -0.2) is 0 Å². The molecule has 0 amide bonds. The van der Waals surface area contributed by atoms with Crippen molar-refractivity contribution < 1.29 is 0 Å². The number of rotatable bonds is 12. The van der Waals surface area contributed by atoms with E-state index in [4.69, 9.17) is 0 Å². The minimum absolute atomic E-state index is 0.112. The summed E-state index contributed by atoms with van der Waals surface area (Å²) in [7, 11) is 0. The molecule has 0 fully saturated rings. The molecule has 0 aliphatic carbocycles. The molecule has 0 radical (unpaired) electrons. The highest BCUT2D eigenvalue weighted by Gasteiger charge is 2.25. The summed E-state index contributed by atoms with van der Waals surface area (Å²) in [5, 5.41) is 0. The fourth-order valence-electron chi connectivity index (χ4n) is 7.30. The molecule has 6 aromatic rings. The van der Waals surface area contributed by atoms with Crippen molar-refractivity contribution in [3.63, 3.8) is 0 Å². The van der Waals surface area contributed by atoms with Gasteiger partial charge in [0.15, 0.2) is 0 Å². The van der Waals surface area contributed by atoms with Crippen molar-refractivity contribution in [2.75, 3.05) is 9.80 Å². The van der Waals surface area contributed by atoms with Crippen molar-refractivity contribution in [1.82, 2.24) is 0 Å². The second-order valence-electron chi connectivity index (χ2n) is 14.8.